The minimum absolute atomic E-state index is 0.739. The number of hydrogen-bond donors (Lipinski definition) is 1. The van der Waals surface area contributed by atoms with Crippen LogP contribution < -0.4 is 5.32 Å². The molecular formula is C11H17N5S. The zero-order chi connectivity index (χ0) is 12.1. The zero-order valence-corrected chi connectivity index (χ0v) is 11.0. The van der Waals surface area contributed by atoms with Crippen LogP contribution in [0.5, 0.6) is 0 Å². The van der Waals surface area contributed by atoms with Gasteiger partial charge in [-0.25, -0.2) is 4.98 Å². The summed E-state index contributed by atoms with van der Waals surface area (Å²) in [5.41, 5.74) is 0.990. The Kier molecular flexibility index (Phi) is 4.08. The van der Waals surface area contributed by atoms with Crippen LogP contribution >= 0.6 is 11.7 Å². The fraction of sp³-hybridized carbons (Fsp3) is 0.545. The van der Waals surface area contributed by atoms with Crippen LogP contribution in [-0.2, 0) is 13.0 Å². The van der Waals surface area contributed by atoms with E-state index in [1.54, 1.807) is 0 Å². The average molecular weight is 251 g/mol. The molecule has 2 aromatic heterocycles. The number of aryl methyl sites for hydroxylation is 1. The van der Waals surface area contributed by atoms with Gasteiger partial charge in [0, 0.05) is 25.5 Å². The van der Waals surface area contributed by atoms with Crippen molar-refractivity contribution in [3.63, 3.8) is 0 Å². The summed E-state index contributed by atoms with van der Waals surface area (Å²) in [6.07, 6.45) is 5.65. The maximum absolute atomic E-state index is 4.36. The molecule has 0 saturated carbocycles. The standard InChI is InChI=1S/C11H17N5S/c1-3-5-13-11-9(14-17-15-11)8-10-12-6-7-16(10)4-2/h6-7H,3-5,8H2,1-2H3,(H,13,15). The number of nitrogens with one attached hydrogen (secondary N) is 1. The summed E-state index contributed by atoms with van der Waals surface area (Å²) < 4.78 is 10.7. The van der Waals surface area contributed by atoms with Gasteiger partial charge in [0.05, 0.1) is 18.1 Å². The van der Waals surface area contributed by atoms with Crippen molar-refractivity contribution in [3.05, 3.63) is 23.9 Å². The smallest absolute Gasteiger partial charge is 0.163 e. The molecule has 92 valence electrons. The fourth-order valence-corrected chi connectivity index (χ4v) is 2.19. The van der Waals surface area contributed by atoms with Crippen molar-refractivity contribution in [1.82, 2.24) is 18.3 Å². The Bertz CT molecular complexity index is 462. The molecule has 0 fully saturated rings. The first-order valence-corrected chi connectivity index (χ1v) is 6.63. The molecule has 6 heteroatoms. The van der Waals surface area contributed by atoms with Gasteiger partial charge in [-0.05, 0) is 13.3 Å². The maximum atomic E-state index is 4.36. The lowest BCUT2D eigenvalue weighted by molar-refractivity contribution is 0.710. The Morgan fingerprint density at radius 3 is 3.00 bits per heavy atom. The molecule has 2 rings (SSSR count). The zero-order valence-electron chi connectivity index (χ0n) is 10.2. The van der Waals surface area contributed by atoms with Crippen LogP contribution in [0.15, 0.2) is 12.4 Å². The van der Waals surface area contributed by atoms with Crippen molar-refractivity contribution in [2.45, 2.75) is 33.2 Å². The van der Waals surface area contributed by atoms with E-state index in [1.165, 1.54) is 11.7 Å². The van der Waals surface area contributed by atoms with E-state index in [4.69, 9.17) is 0 Å². The number of anilines is 1. The highest BCUT2D eigenvalue weighted by Gasteiger charge is 2.11. The first kappa shape index (κ1) is 12.0. The number of rotatable bonds is 6. The lowest BCUT2D eigenvalue weighted by Crippen LogP contribution is -2.06. The largest absolute Gasteiger partial charge is 0.368 e. The van der Waals surface area contributed by atoms with Crippen molar-refractivity contribution in [2.24, 2.45) is 0 Å². The second-order valence-electron chi connectivity index (χ2n) is 3.79. The molecule has 0 spiro atoms. The Balaban J connectivity index is 2.10. The van der Waals surface area contributed by atoms with Crippen LogP contribution in [0.3, 0.4) is 0 Å². The quantitative estimate of drug-likeness (QED) is 0.855. The lowest BCUT2D eigenvalue weighted by atomic mass is 10.3. The van der Waals surface area contributed by atoms with E-state index in [9.17, 15) is 0 Å². The van der Waals surface area contributed by atoms with Gasteiger partial charge in [0.15, 0.2) is 5.82 Å². The molecule has 0 radical (unpaired) electrons. The summed E-state index contributed by atoms with van der Waals surface area (Å²) in [5.74, 6) is 1.95. The third-order valence-corrected chi connectivity index (χ3v) is 3.13. The van der Waals surface area contributed by atoms with E-state index >= 15 is 0 Å². The van der Waals surface area contributed by atoms with Crippen LogP contribution in [0, 0.1) is 0 Å². The molecular weight excluding hydrogens is 234 g/mol. The fourth-order valence-electron chi connectivity index (χ4n) is 1.65. The third kappa shape index (κ3) is 2.82. The van der Waals surface area contributed by atoms with Crippen LogP contribution in [-0.4, -0.2) is 24.8 Å². The van der Waals surface area contributed by atoms with E-state index in [0.29, 0.717) is 0 Å². The minimum Gasteiger partial charge on any atom is -0.368 e. The van der Waals surface area contributed by atoms with Crippen molar-refractivity contribution in [1.29, 1.82) is 0 Å². The second kappa shape index (κ2) is 5.77. The highest BCUT2D eigenvalue weighted by Crippen LogP contribution is 2.16. The molecule has 0 unspecified atom stereocenters. The van der Waals surface area contributed by atoms with Gasteiger partial charge in [-0.3, -0.25) is 0 Å². The Morgan fingerprint density at radius 1 is 1.35 bits per heavy atom. The van der Waals surface area contributed by atoms with Gasteiger partial charge in [0.1, 0.15) is 11.5 Å². The summed E-state index contributed by atoms with van der Waals surface area (Å²) in [4.78, 5) is 4.36. The van der Waals surface area contributed by atoms with E-state index in [1.807, 2.05) is 12.4 Å². The van der Waals surface area contributed by atoms with Gasteiger partial charge in [0.2, 0.25) is 0 Å². The molecule has 0 aliphatic carbocycles. The first-order valence-electron chi connectivity index (χ1n) is 5.90. The average Bonchev–Trinajstić information content (AvgIpc) is 2.96. The molecule has 2 heterocycles. The van der Waals surface area contributed by atoms with Crippen LogP contribution in [0.25, 0.3) is 0 Å². The molecule has 5 nitrogen and oxygen atoms in total. The van der Waals surface area contributed by atoms with Crippen molar-refractivity contribution in [2.75, 3.05) is 11.9 Å². The highest BCUT2D eigenvalue weighted by atomic mass is 32.1. The Labute approximate surface area is 105 Å². The number of nitrogens with zero attached hydrogens (tertiary/aromatic N) is 4. The molecule has 0 amide bonds. The van der Waals surface area contributed by atoms with E-state index in [2.05, 4.69) is 37.5 Å². The number of imidazole rings is 1. The van der Waals surface area contributed by atoms with Gasteiger partial charge in [-0.1, -0.05) is 6.92 Å². The molecule has 0 aliphatic heterocycles. The van der Waals surface area contributed by atoms with Gasteiger partial charge >= 0.3 is 0 Å². The van der Waals surface area contributed by atoms with Gasteiger partial charge in [-0.2, -0.15) is 8.75 Å². The monoisotopic (exact) mass is 251 g/mol. The van der Waals surface area contributed by atoms with Gasteiger partial charge < -0.3 is 9.88 Å². The highest BCUT2D eigenvalue weighted by molar-refractivity contribution is 6.99. The second-order valence-corrected chi connectivity index (χ2v) is 4.32. The minimum atomic E-state index is 0.739. The summed E-state index contributed by atoms with van der Waals surface area (Å²) in [6.45, 7) is 6.11. The van der Waals surface area contributed by atoms with E-state index in [0.717, 1.165) is 43.3 Å². The Morgan fingerprint density at radius 2 is 2.24 bits per heavy atom. The number of hydrogen-bond acceptors (Lipinski definition) is 5. The first-order chi connectivity index (χ1) is 8.35. The van der Waals surface area contributed by atoms with E-state index < -0.39 is 0 Å². The predicted octanol–water partition coefficient (Wildman–Crippen LogP) is 2.17. The van der Waals surface area contributed by atoms with Crippen molar-refractivity contribution < 1.29 is 0 Å². The summed E-state index contributed by atoms with van der Waals surface area (Å²) in [7, 11) is 0. The predicted molar refractivity (Wildman–Crippen MR) is 69.4 cm³/mol. The molecule has 1 N–H and O–H groups in total. The molecule has 0 saturated heterocycles. The molecule has 2 aromatic rings. The van der Waals surface area contributed by atoms with Crippen molar-refractivity contribution >= 4 is 17.5 Å². The molecule has 17 heavy (non-hydrogen) atoms. The molecule has 0 aliphatic rings. The normalized spacial score (nSPS) is 10.7. The van der Waals surface area contributed by atoms with Crippen LogP contribution in [0.2, 0.25) is 0 Å². The van der Waals surface area contributed by atoms with Crippen molar-refractivity contribution in [3.8, 4) is 0 Å². The molecule has 0 bridgehead atoms. The lowest BCUT2D eigenvalue weighted by Gasteiger charge is -2.05. The van der Waals surface area contributed by atoms with Crippen LogP contribution in [0.1, 0.15) is 31.8 Å². The topological polar surface area (TPSA) is 55.6 Å². The summed E-state index contributed by atoms with van der Waals surface area (Å²) in [6, 6.07) is 0. The molecule has 0 atom stereocenters. The Hall–Kier alpha value is -1.43. The maximum Gasteiger partial charge on any atom is 0.163 e. The van der Waals surface area contributed by atoms with E-state index in [-0.39, 0.29) is 0 Å². The number of aromatic nitrogens is 4. The van der Waals surface area contributed by atoms with Gasteiger partial charge in [-0.15, -0.1) is 0 Å². The SMILES string of the molecule is CCCNc1nsnc1Cc1nccn1CC. The summed E-state index contributed by atoms with van der Waals surface area (Å²) >= 11 is 1.25. The molecule has 0 aromatic carbocycles. The third-order valence-electron chi connectivity index (χ3n) is 2.57. The van der Waals surface area contributed by atoms with Gasteiger partial charge in [0.25, 0.3) is 0 Å². The van der Waals surface area contributed by atoms with Crippen LogP contribution in [0.4, 0.5) is 5.82 Å². The summed E-state index contributed by atoms with van der Waals surface area (Å²) in [5, 5.41) is 3.29.